The lowest BCUT2D eigenvalue weighted by atomic mass is 10.2. The van der Waals surface area contributed by atoms with Gasteiger partial charge in [0, 0.05) is 31.0 Å². The summed E-state index contributed by atoms with van der Waals surface area (Å²) < 4.78 is 0. The second-order valence-electron chi connectivity index (χ2n) is 4.38. The molecule has 0 spiro atoms. The molecule has 2 aliphatic rings. The van der Waals surface area contributed by atoms with E-state index in [1.807, 2.05) is 0 Å². The molecule has 0 radical (unpaired) electrons. The van der Waals surface area contributed by atoms with Gasteiger partial charge in [-0.1, -0.05) is 0 Å². The largest absolute Gasteiger partial charge is 0.391 e. The molecule has 0 aliphatic carbocycles. The van der Waals surface area contributed by atoms with E-state index in [1.54, 1.807) is 11.8 Å². The Balaban J connectivity index is 2.04. The molecule has 0 aromatic heterocycles. The van der Waals surface area contributed by atoms with Crippen molar-refractivity contribution < 1.29 is 14.7 Å². The average molecular weight is 259 g/mol. The van der Waals surface area contributed by atoms with Crippen molar-refractivity contribution in [2.24, 2.45) is 5.73 Å². The van der Waals surface area contributed by atoms with Crippen LogP contribution in [0.25, 0.3) is 0 Å². The van der Waals surface area contributed by atoms with Crippen LogP contribution in [-0.4, -0.2) is 64.6 Å². The van der Waals surface area contributed by atoms with E-state index in [1.165, 1.54) is 4.90 Å². The van der Waals surface area contributed by atoms with Gasteiger partial charge in [-0.15, -0.1) is 0 Å². The van der Waals surface area contributed by atoms with Crippen molar-refractivity contribution in [3.63, 3.8) is 0 Å². The summed E-state index contributed by atoms with van der Waals surface area (Å²) in [7, 11) is 0. The van der Waals surface area contributed by atoms with Gasteiger partial charge in [0.05, 0.1) is 12.1 Å². The van der Waals surface area contributed by atoms with Gasteiger partial charge in [-0.05, 0) is 0 Å². The highest BCUT2D eigenvalue weighted by molar-refractivity contribution is 7.99. The first-order valence-corrected chi connectivity index (χ1v) is 6.84. The maximum Gasteiger partial charge on any atom is 0.241 e. The van der Waals surface area contributed by atoms with Gasteiger partial charge in [0.2, 0.25) is 11.8 Å². The number of hydrogen-bond acceptors (Lipinski definition) is 5. The summed E-state index contributed by atoms with van der Waals surface area (Å²) in [6, 6.07) is -0.924. The second kappa shape index (κ2) is 5.24. The molecule has 0 bridgehead atoms. The lowest BCUT2D eigenvalue weighted by Gasteiger charge is -2.29. The van der Waals surface area contributed by atoms with Gasteiger partial charge in [0.25, 0.3) is 0 Å². The Kier molecular flexibility index (Phi) is 3.90. The van der Waals surface area contributed by atoms with Crippen LogP contribution in [0, 0.1) is 0 Å². The highest BCUT2D eigenvalue weighted by atomic mass is 32.2. The Morgan fingerprint density at radius 1 is 1.47 bits per heavy atom. The topological polar surface area (TPSA) is 95.7 Å². The number of aliphatic hydroxyl groups is 1. The van der Waals surface area contributed by atoms with Crippen LogP contribution in [0.3, 0.4) is 0 Å². The molecule has 3 unspecified atom stereocenters. The Hall–Kier alpha value is -0.790. The molecule has 6 nitrogen and oxygen atoms in total. The molecule has 4 N–H and O–H groups in total. The van der Waals surface area contributed by atoms with Gasteiger partial charge < -0.3 is 21.1 Å². The zero-order valence-electron chi connectivity index (χ0n) is 9.46. The summed E-state index contributed by atoms with van der Waals surface area (Å²) in [5, 5.41) is 12.7. The third kappa shape index (κ3) is 2.72. The normalized spacial score (nSPS) is 33.7. The van der Waals surface area contributed by atoms with Gasteiger partial charge in [0.1, 0.15) is 6.04 Å². The summed E-state index contributed by atoms with van der Waals surface area (Å²) in [4.78, 5) is 24.8. The first kappa shape index (κ1) is 12.7. The molecule has 2 saturated heterocycles. The highest BCUT2D eigenvalue weighted by Crippen LogP contribution is 2.20. The molecule has 2 aliphatic heterocycles. The van der Waals surface area contributed by atoms with E-state index >= 15 is 0 Å². The SMILES string of the molecule is NC(=O)C1CC(O)CN1C(=O)C1CSCCN1. The number of aliphatic hydroxyl groups excluding tert-OH is 1. The van der Waals surface area contributed by atoms with E-state index in [9.17, 15) is 14.7 Å². The van der Waals surface area contributed by atoms with Gasteiger partial charge in [0.15, 0.2) is 0 Å². The number of likely N-dealkylation sites (tertiary alicyclic amines) is 1. The molecular weight excluding hydrogens is 242 g/mol. The van der Waals surface area contributed by atoms with Crippen molar-refractivity contribution in [1.29, 1.82) is 0 Å². The molecule has 17 heavy (non-hydrogen) atoms. The minimum absolute atomic E-state index is 0.127. The molecule has 2 rings (SSSR count). The van der Waals surface area contributed by atoms with Crippen molar-refractivity contribution in [1.82, 2.24) is 10.2 Å². The molecule has 7 heteroatoms. The maximum atomic E-state index is 12.2. The van der Waals surface area contributed by atoms with Crippen LogP contribution in [0.15, 0.2) is 0 Å². The Bertz CT molecular complexity index is 320. The van der Waals surface area contributed by atoms with Crippen molar-refractivity contribution in [2.45, 2.75) is 24.6 Å². The number of rotatable bonds is 2. The number of nitrogens with two attached hydrogens (primary N) is 1. The number of primary amides is 1. The highest BCUT2D eigenvalue weighted by Gasteiger charge is 2.40. The molecule has 0 aromatic carbocycles. The molecular formula is C10H17N3O3S. The lowest BCUT2D eigenvalue weighted by Crippen LogP contribution is -2.54. The predicted octanol–water partition coefficient (Wildman–Crippen LogP) is -1.86. The van der Waals surface area contributed by atoms with E-state index in [2.05, 4.69) is 5.32 Å². The average Bonchev–Trinajstić information content (AvgIpc) is 2.72. The fourth-order valence-electron chi connectivity index (χ4n) is 2.25. The van der Waals surface area contributed by atoms with E-state index in [0.29, 0.717) is 5.75 Å². The van der Waals surface area contributed by atoms with Crippen LogP contribution in [0.1, 0.15) is 6.42 Å². The molecule has 3 atom stereocenters. The molecule has 0 aromatic rings. The van der Waals surface area contributed by atoms with Crippen molar-refractivity contribution in [2.75, 3.05) is 24.6 Å². The smallest absolute Gasteiger partial charge is 0.241 e. The van der Waals surface area contributed by atoms with Crippen LogP contribution in [0.5, 0.6) is 0 Å². The molecule has 2 fully saturated rings. The maximum absolute atomic E-state index is 12.2. The zero-order chi connectivity index (χ0) is 12.4. The van der Waals surface area contributed by atoms with Crippen LogP contribution >= 0.6 is 11.8 Å². The van der Waals surface area contributed by atoms with Gasteiger partial charge >= 0.3 is 0 Å². The predicted molar refractivity (Wildman–Crippen MR) is 64.4 cm³/mol. The van der Waals surface area contributed by atoms with Crippen LogP contribution < -0.4 is 11.1 Å². The third-order valence-corrected chi connectivity index (χ3v) is 4.17. The fraction of sp³-hybridized carbons (Fsp3) is 0.800. The van der Waals surface area contributed by atoms with Crippen LogP contribution in [0.2, 0.25) is 0 Å². The standard InChI is InChI=1S/C10H17N3O3S/c11-9(15)8-3-6(14)4-13(8)10(16)7-5-17-2-1-12-7/h6-8,12,14H,1-5H2,(H2,11,15). The summed E-state index contributed by atoms with van der Waals surface area (Å²) in [5.41, 5.74) is 5.25. The first-order chi connectivity index (χ1) is 8.09. The quantitative estimate of drug-likeness (QED) is 0.540. The number of carbonyl (C=O) groups excluding carboxylic acids is 2. The number of nitrogens with one attached hydrogen (secondary N) is 1. The van der Waals surface area contributed by atoms with E-state index < -0.39 is 18.1 Å². The number of amides is 2. The number of nitrogens with zero attached hydrogens (tertiary/aromatic N) is 1. The zero-order valence-corrected chi connectivity index (χ0v) is 10.3. The van der Waals surface area contributed by atoms with E-state index in [0.717, 1.165) is 12.3 Å². The lowest BCUT2D eigenvalue weighted by molar-refractivity contribution is -0.138. The van der Waals surface area contributed by atoms with Crippen LogP contribution in [-0.2, 0) is 9.59 Å². The monoisotopic (exact) mass is 259 g/mol. The molecule has 0 saturated carbocycles. The molecule has 2 amide bonds. The van der Waals surface area contributed by atoms with Crippen molar-refractivity contribution >= 4 is 23.6 Å². The third-order valence-electron chi connectivity index (χ3n) is 3.11. The minimum atomic E-state index is -0.661. The summed E-state index contributed by atoms with van der Waals surface area (Å²) in [5.74, 6) is 1.03. The van der Waals surface area contributed by atoms with Gasteiger partial charge in [-0.3, -0.25) is 9.59 Å². The summed E-state index contributed by atoms with van der Waals surface area (Å²) in [6.45, 7) is 0.994. The minimum Gasteiger partial charge on any atom is -0.391 e. The Morgan fingerprint density at radius 3 is 2.82 bits per heavy atom. The Morgan fingerprint density at radius 2 is 2.24 bits per heavy atom. The number of β-amino-alcohol motifs (C(OH)–C–C–N with tert-alkyl or cyclic N) is 1. The summed E-state index contributed by atoms with van der Waals surface area (Å²) in [6.07, 6.45) is -0.395. The van der Waals surface area contributed by atoms with E-state index in [-0.39, 0.29) is 24.9 Å². The summed E-state index contributed by atoms with van der Waals surface area (Å²) >= 11 is 1.71. The number of carbonyl (C=O) groups is 2. The Labute approximate surface area is 104 Å². The van der Waals surface area contributed by atoms with E-state index in [4.69, 9.17) is 5.73 Å². The molecule has 96 valence electrons. The van der Waals surface area contributed by atoms with Gasteiger partial charge in [-0.2, -0.15) is 11.8 Å². The van der Waals surface area contributed by atoms with Crippen molar-refractivity contribution in [3.05, 3.63) is 0 Å². The van der Waals surface area contributed by atoms with Crippen LogP contribution in [0.4, 0.5) is 0 Å². The molecule has 2 heterocycles. The van der Waals surface area contributed by atoms with Gasteiger partial charge in [-0.25, -0.2) is 0 Å². The number of thioether (sulfide) groups is 1. The first-order valence-electron chi connectivity index (χ1n) is 5.68. The number of hydrogen-bond donors (Lipinski definition) is 3. The van der Waals surface area contributed by atoms with Crippen molar-refractivity contribution in [3.8, 4) is 0 Å². The fourth-order valence-corrected chi connectivity index (χ4v) is 3.18. The second-order valence-corrected chi connectivity index (χ2v) is 5.53.